The first-order valence-corrected chi connectivity index (χ1v) is 17.4. The topological polar surface area (TPSA) is 68.4 Å². The molecule has 4 aromatic rings. The molecule has 1 heterocycles. The predicted molar refractivity (Wildman–Crippen MR) is 196 cm³/mol. The molecule has 0 N–H and O–H groups in total. The quantitative estimate of drug-likeness (QED) is 0.0603. The summed E-state index contributed by atoms with van der Waals surface area (Å²) in [6.07, 6.45) is 8.24. The molecule has 0 bridgehead atoms. The zero-order valence-electron chi connectivity index (χ0n) is 28.7. The Morgan fingerprint density at radius 2 is 1.08 bits per heavy atom. The van der Waals surface area contributed by atoms with Gasteiger partial charge in [0.25, 0.3) is 0 Å². The molecule has 0 radical (unpaired) electrons. The van der Waals surface area contributed by atoms with Gasteiger partial charge >= 0.3 is 11.9 Å². The first kappa shape index (κ1) is 35.4. The van der Waals surface area contributed by atoms with Gasteiger partial charge in [-0.05, 0) is 96.3 Å². The van der Waals surface area contributed by atoms with Crippen molar-refractivity contribution < 1.29 is 23.8 Å². The standard InChI is InChI=1S/C43H47NO5/c1-5-9-11-39(48-42(45)7-3)33-19-25-37(26-20-33)44(38-27-21-34(22-28-38)40(12-10-6-2)49-43(46)8-4)36-23-15-32(16-24-36)29-31-13-17-35(18-14-31)41-30-47-41/h7-8,13-28,39-41H,3-6,9-12,29-30H2,1-2H3. The summed E-state index contributed by atoms with van der Waals surface area (Å²) in [4.78, 5) is 26.4. The van der Waals surface area contributed by atoms with E-state index in [9.17, 15) is 9.59 Å². The third-order valence-corrected chi connectivity index (χ3v) is 8.82. The van der Waals surface area contributed by atoms with E-state index in [-0.39, 0.29) is 18.3 Å². The van der Waals surface area contributed by atoms with Crippen LogP contribution in [0.3, 0.4) is 0 Å². The molecule has 1 saturated heterocycles. The van der Waals surface area contributed by atoms with E-state index in [1.54, 1.807) is 0 Å². The summed E-state index contributed by atoms with van der Waals surface area (Å²) in [5.41, 5.74) is 8.53. The summed E-state index contributed by atoms with van der Waals surface area (Å²) in [5.74, 6) is -0.841. The highest BCUT2D eigenvalue weighted by atomic mass is 16.6. The second-order valence-electron chi connectivity index (χ2n) is 12.5. The van der Waals surface area contributed by atoms with Gasteiger partial charge in [0, 0.05) is 29.2 Å². The lowest BCUT2D eigenvalue weighted by molar-refractivity contribution is -0.144. The SMILES string of the molecule is C=CC(=O)OC(CCCC)c1ccc(N(c2ccc(Cc3ccc(C4CO4)cc3)cc2)c2ccc(C(CCCC)OC(=O)C=C)cc2)cc1. The van der Waals surface area contributed by atoms with E-state index in [4.69, 9.17) is 14.2 Å². The van der Waals surface area contributed by atoms with Crippen molar-refractivity contribution in [3.8, 4) is 0 Å². The van der Waals surface area contributed by atoms with Crippen LogP contribution >= 0.6 is 0 Å². The van der Waals surface area contributed by atoms with Gasteiger partial charge < -0.3 is 19.1 Å². The molecule has 6 heteroatoms. The summed E-state index contributed by atoms with van der Waals surface area (Å²) in [6.45, 7) is 12.2. The second kappa shape index (κ2) is 17.5. The van der Waals surface area contributed by atoms with E-state index in [2.05, 4.69) is 105 Å². The van der Waals surface area contributed by atoms with Crippen LogP contribution < -0.4 is 4.90 Å². The molecule has 3 unspecified atom stereocenters. The fraction of sp³-hybridized carbons (Fsp3) is 0.302. The van der Waals surface area contributed by atoms with Gasteiger partial charge in [-0.3, -0.25) is 0 Å². The second-order valence-corrected chi connectivity index (χ2v) is 12.5. The Morgan fingerprint density at radius 3 is 1.45 bits per heavy atom. The van der Waals surface area contributed by atoms with E-state index >= 15 is 0 Å². The fourth-order valence-corrected chi connectivity index (χ4v) is 5.96. The number of benzene rings is 4. The van der Waals surface area contributed by atoms with Crippen molar-refractivity contribution >= 4 is 29.0 Å². The molecule has 0 saturated carbocycles. The summed E-state index contributed by atoms with van der Waals surface area (Å²) < 4.78 is 16.9. The number of carbonyl (C=O) groups excluding carboxylic acids is 2. The molecule has 49 heavy (non-hydrogen) atoms. The van der Waals surface area contributed by atoms with Crippen molar-refractivity contribution in [1.82, 2.24) is 0 Å². The predicted octanol–water partition coefficient (Wildman–Crippen LogP) is 10.7. The highest BCUT2D eigenvalue weighted by Gasteiger charge is 2.24. The van der Waals surface area contributed by atoms with E-state index in [1.165, 1.54) is 28.8 Å². The average molecular weight is 658 g/mol. The van der Waals surface area contributed by atoms with Crippen LogP contribution in [-0.2, 0) is 30.2 Å². The van der Waals surface area contributed by atoms with Gasteiger partial charge in [-0.25, -0.2) is 9.59 Å². The maximum Gasteiger partial charge on any atom is 0.330 e. The summed E-state index contributed by atoms with van der Waals surface area (Å²) in [5, 5.41) is 0. The average Bonchev–Trinajstić information content (AvgIpc) is 3.99. The number of ether oxygens (including phenoxy) is 3. The number of hydrogen-bond acceptors (Lipinski definition) is 6. The number of anilines is 3. The van der Waals surface area contributed by atoms with Gasteiger partial charge in [-0.1, -0.05) is 101 Å². The smallest absolute Gasteiger partial charge is 0.330 e. The van der Waals surface area contributed by atoms with Gasteiger partial charge in [0.15, 0.2) is 0 Å². The van der Waals surface area contributed by atoms with Crippen LogP contribution in [-0.4, -0.2) is 18.5 Å². The molecular formula is C43H47NO5. The maximum atomic E-state index is 12.1. The Kier molecular flexibility index (Phi) is 12.6. The van der Waals surface area contributed by atoms with Crippen LogP contribution in [0.2, 0.25) is 0 Å². The highest BCUT2D eigenvalue weighted by Crippen LogP contribution is 2.37. The Labute approximate surface area is 291 Å². The largest absolute Gasteiger partial charge is 0.454 e. The van der Waals surface area contributed by atoms with Gasteiger partial charge in [0.1, 0.15) is 18.3 Å². The lowest BCUT2D eigenvalue weighted by Gasteiger charge is -2.27. The highest BCUT2D eigenvalue weighted by molar-refractivity contribution is 5.82. The molecule has 0 aliphatic carbocycles. The molecule has 4 aromatic carbocycles. The van der Waals surface area contributed by atoms with Crippen molar-refractivity contribution in [2.24, 2.45) is 0 Å². The molecule has 3 atom stereocenters. The van der Waals surface area contributed by atoms with Crippen molar-refractivity contribution in [2.45, 2.75) is 77.1 Å². The van der Waals surface area contributed by atoms with E-state index in [1.807, 2.05) is 24.3 Å². The Morgan fingerprint density at radius 1 is 0.694 bits per heavy atom. The molecule has 1 aliphatic heterocycles. The molecule has 5 rings (SSSR count). The Bertz CT molecular complexity index is 1600. The summed E-state index contributed by atoms with van der Waals surface area (Å²) in [6, 6.07) is 33.7. The van der Waals surface area contributed by atoms with Crippen molar-refractivity contribution in [2.75, 3.05) is 11.5 Å². The van der Waals surface area contributed by atoms with Crippen LogP contribution in [0.5, 0.6) is 0 Å². The molecule has 0 aromatic heterocycles. The van der Waals surface area contributed by atoms with Crippen molar-refractivity contribution in [3.05, 3.63) is 150 Å². The van der Waals surface area contributed by atoms with E-state index in [0.29, 0.717) is 0 Å². The molecule has 6 nitrogen and oxygen atoms in total. The van der Waals surface area contributed by atoms with Crippen molar-refractivity contribution in [3.63, 3.8) is 0 Å². The first-order chi connectivity index (χ1) is 23.9. The normalized spacial score (nSPS) is 14.7. The number of carbonyl (C=O) groups is 2. The third kappa shape index (κ3) is 9.80. The number of esters is 2. The van der Waals surface area contributed by atoms with Crippen LogP contribution in [0.15, 0.2) is 122 Å². The molecular weight excluding hydrogens is 610 g/mol. The molecule has 0 spiro atoms. The zero-order valence-corrected chi connectivity index (χ0v) is 28.7. The number of hydrogen-bond donors (Lipinski definition) is 0. The third-order valence-electron chi connectivity index (χ3n) is 8.82. The lowest BCUT2D eigenvalue weighted by Crippen LogP contribution is -2.13. The van der Waals surface area contributed by atoms with Crippen LogP contribution in [0.25, 0.3) is 0 Å². The number of unbranched alkanes of at least 4 members (excludes halogenated alkanes) is 2. The monoisotopic (exact) mass is 657 g/mol. The maximum absolute atomic E-state index is 12.1. The van der Waals surface area contributed by atoms with Crippen LogP contribution in [0.1, 0.15) is 98.5 Å². The molecule has 1 aliphatic rings. The zero-order chi connectivity index (χ0) is 34.6. The minimum absolute atomic E-state index is 0.260. The van der Waals surface area contributed by atoms with E-state index < -0.39 is 11.9 Å². The van der Waals surface area contributed by atoms with Gasteiger partial charge in [0.05, 0.1) is 6.61 Å². The number of rotatable bonds is 18. The molecule has 1 fully saturated rings. The molecule has 0 amide bonds. The Hall–Kier alpha value is -4.94. The van der Waals surface area contributed by atoms with Crippen molar-refractivity contribution in [1.29, 1.82) is 0 Å². The molecule has 254 valence electrons. The van der Waals surface area contributed by atoms with Gasteiger partial charge in [0.2, 0.25) is 0 Å². The first-order valence-electron chi connectivity index (χ1n) is 17.4. The van der Waals surface area contributed by atoms with E-state index in [0.717, 1.165) is 79.7 Å². The number of nitrogens with zero attached hydrogens (tertiary/aromatic N) is 1. The fourth-order valence-electron chi connectivity index (χ4n) is 5.96. The lowest BCUT2D eigenvalue weighted by atomic mass is 10.0. The van der Waals surface area contributed by atoms with Crippen LogP contribution in [0.4, 0.5) is 17.1 Å². The van der Waals surface area contributed by atoms with Crippen LogP contribution in [0, 0.1) is 0 Å². The number of epoxide rings is 1. The summed E-state index contributed by atoms with van der Waals surface area (Å²) in [7, 11) is 0. The van der Waals surface area contributed by atoms with Gasteiger partial charge in [-0.15, -0.1) is 0 Å². The Balaban J connectivity index is 1.44. The van der Waals surface area contributed by atoms with Gasteiger partial charge in [-0.2, -0.15) is 0 Å². The summed E-state index contributed by atoms with van der Waals surface area (Å²) >= 11 is 0. The minimum atomic E-state index is -0.420. The minimum Gasteiger partial charge on any atom is -0.454 e.